The van der Waals surface area contributed by atoms with Gasteiger partial charge in [0.2, 0.25) is 0 Å². The van der Waals surface area contributed by atoms with Crippen LogP contribution < -0.4 is 0 Å². The van der Waals surface area contributed by atoms with Crippen LogP contribution in [0.3, 0.4) is 0 Å². The van der Waals surface area contributed by atoms with Gasteiger partial charge >= 0.3 is 43.3 Å². The molecule has 0 saturated carbocycles. The van der Waals surface area contributed by atoms with Crippen LogP contribution in [0, 0.1) is 0 Å². The second-order valence-corrected chi connectivity index (χ2v) is 57.3. The van der Waals surface area contributed by atoms with Crippen LogP contribution in [0.15, 0.2) is 101 Å². The maximum absolute atomic E-state index is 6.91. The lowest BCUT2D eigenvalue weighted by atomic mass is 10.5. The molecule has 0 unspecified atom stereocenters. The monoisotopic (exact) mass is 1350 g/mol. The summed E-state index contributed by atoms with van der Waals surface area (Å²) in [4.78, 5) is 0. The Morgan fingerprint density at radius 3 is 0.494 bits per heavy atom. The molecule has 0 spiro atoms. The van der Waals surface area contributed by atoms with Crippen LogP contribution in [0.5, 0.6) is 0 Å². The van der Waals surface area contributed by atoms with Gasteiger partial charge in [0.25, 0.3) is 0 Å². The molecule has 0 aromatic rings. The molecule has 0 amide bonds. The summed E-state index contributed by atoms with van der Waals surface area (Å²) in [6.45, 7) is 65.1. The number of rotatable bonds is 64. The van der Waals surface area contributed by atoms with Crippen molar-refractivity contribution < 1.29 is 70.8 Å². The minimum absolute atomic E-state index is 0.414. The van der Waals surface area contributed by atoms with Crippen LogP contribution in [0.1, 0.15) is 51.4 Å². The molecule has 0 fully saturated rings. The zero-order valence-electron chi connectivity index (χ0n) is 55.9. The lowest BCUT2D eigenvalue weighted by Gasteiger charge is -2.31. The van der Waals surface area contributed by atoms with Crippen LogP contribution in [-0.2, 0) is 70.8 Å². The van der Waals surface area contributed by atoms with Crippen molar-refractivity contribution in [1.29, 1.82) is 0 Å². The first-order valence-electron chi connectivity index (χ1n) is 31.2. The molecule has 0 radical (unpaired) electrons. The van der Waals surface area contributed by atoms with Gasteiger partial charge in [-0.2, -0.15) is 0 Å². The van der Waals surface area contributed by atoms with Crippen molar-refractivity contribution in [1.82, 2.24) is 0 Å². The van der Waals surface area contributed by atoms with Crippen molar-refractivity contribution in [2.24, 2.45) is 0 Å². The normalized spacial score (nSPS) is 13.2. The van der Waals surface area contributed by atoms with Crippen molar-refractivity contribution in [2.75, 3.05) is 106 Å². The van der Waals surface area contributed by atoms with Gasteiger partial charge in [0.05, 0.1) is 52.9 Å². The highest BCUT2D eigenvalue weighted by Crippen LogP contribution is 2.27. The SMILES string of the molecule is C=CCO[Si](C)(CCCO[Si](C)(C)CCCO[Si](OCCC[Si](C)(C)OCCC[Si](C)(OCC=C)OCC=C)(OCCC[Si](C)(C)OCCC[Si](C)(OCC=C)OCC=C)OCCC[Si](C)(C)OCCC[Si](C)(OCC=C)OCC=C)OCC=C. The van der Waals surface area contributed by atoms with Gasteiger partial charge in [-0.25, -0.2) is 0 Å². The smallest absolute Gasteiger partial charge is 0.417 e. The van der Waals surface area contributed by atoms with Crippen molar-refractivity contribution in [3.05, 3.63) is 101 Å². The Kier molecular flexibility index (Phi) is 46.7. The number of hydrogen-bond donors (Lipinski definition) is 0. The van der Waals surface area contributed by atoms with Gasteiger partial charge in [-0.3, -0.25) is 0 Å². The lowest BCUT2D eigenvalue weighted by molar-refractivity contribution is -0.0351. The molecule has 0 atom stereocenters. The van der Waals surface area contributed by atoms with Crippen LogP contribution in [0.4, 0.5) is 0 Å². The average molecular weight is 1350 g/mol. The lowest BCUT2D eigenvalue weighted by Crippen LogP contribution is -2.50. The van der Waals surface area contributed by atoms with Gasteiger partial charge in [-0.1, -0.05) is 48.6 Å². The molecule has 0 heterocycles. The summed E-state index contributed by atoms with van der Waals surface area (Å²) in [5, 5.41) is 0. The quantitative estimate of drug-likeness (QED) is 0.0323. The van der Waals surface area contributed by atoms with E-state index in [1.54, 1.807) is 48.6 Å². The highest BCUT2D eigenvalue weighted by Gasteiger charge is 2.47. The molecule has 496 valence electrons. The largest absolute Gasteiger partial charge is 0.679 e. The van der Waals surface area contributed by atoms with E-state index in [4.69, 9.17) is 70.8 Å². The second-order valence-electron chi connectivity index (χ2n) is 24.5. The highest BCUT2D eigenvalue weighted by molar-refractivity contribution is 6.72. The minimum atomic E-state index is -3.73. The zero-order chi connectivity index (χ0) is 64.1. The van der Waals surface area contributed by atoms with Gasteiger partial charge in [0.15, 0.2) is 33.3 Å². The summed E-state index contributed by atoms with van der Waals surface area (Å²) in [6, 6.07) is 6.86. The van der Waals surface area contributed by atoms with Crippen LogP contribution in [0.2, 0.25) is 127 Å². The van der Waals surface area contributed by atoms with Crippen molar-refractivity contribution in [2.45, 2.75) is 178 Å². The molecular formula is C60H124O16Si9. The summed E-state index contributed by atoms with van der Waals surface area (Å²) in [6.07, 6.45) is 20.6. The third kappa shape index (κ3) is 44.4. The first kappa shape index (κ1) is 84.2. The highest BCUT2D eigenvalue weighted by atomic mass is 28.4. The first-order valence-corrected chi connectivity index (χ1v) is 55.4. The molecule has 0 aromatic heterocycles. The maximum atomic E-state index is 6.91. The third-order valence-corrected chi connectivity index (χ3v) is 37.6. The van der Waals surface area contributed by atoms with E-state index in [9.17, 15) is 0 Å². The summed E-state index contributed by atoms with van der Waals surface area (Å²) < 4.78 is 103. The van der Waals surface area contributed by atoms with E-state index >= 15 is 0 Å². The standard InChI is InChI=1S/C60H124O16Si9/c1-21-37-65-81(17,66-38-22-2)57-33-45-61-77(9,10)53-29-49-73-85(74-50-30-54-78(11,12)62-46-34-58-82(18,67-39-23-3)68-40-24-4,75-51-31-55-79(13,14)63-47-35-59-83(19,69-41-25-5)70-42-26-6)76-52-32-56-80(15,16)64-48-36-60-84(20,71-43-27-7)72-44-28-8/h21-28H,1-8,29-60H2,9-20H3. The van der Waals surface area contributed by atoms with Gasteiger partial charge < -0.3 is 70.8 Å². The van der Waals surface area contributed by atoms with Crippen LogP contribution in [-0.4, -0.2) is 182 Å². The molecule has 25 heteroatoms. The fourth-order valence-corrected chi connectivity index (χ4v) is 26.7. The van der Waals surface area contributed by atoms with E-state index in [1.165, 1.54) is 0 Å². The predicted octanol–water partition coefficient (Wildman–Crippen LogP) is 15.4. The molecule has 16 nitrogen and oxygen atoms in total. The van der Waals surface area contributed by atoms with Gasteiger partial charge in [-0.05, 0) is 178 Å². The Hall–Kier alpha value is -0.768. The Morgan fingerprint density at radius 1 is 0.200 bits per heavy atom. The third-order valence-electron chi connectivity index (χ3n) is 13.9. The minimum Gasteiger partial charge on any atom is -0.417 e. The van der Waals surface area contributed by atoms with E-state index < -0.39 is 76.6 Å². The Balaban J connectivity index is 6.48. The van der Waals surface area contributed by atoms with Crippen molar-refractivity contribution >= 4 is 76.6 Å². The second kappa shape index (κ2) is 47.2. The van der Waals surface area contributed by atoms with E-state index in [-0.39, 0.29) is 0 Å². The van der Waals surface area contributed by atoms with Crippen LogP contribution >= 0.6 is 0 Å². The fraction of sp³-hybridized carbons (Fsp3) is 0.733. The Bertz CT molecular complexity index is 1510. The van der Waals surface area contributed by atoms with E-state index in [0.717, 1.165) is 99.7 Å². The van der Waals surface area contributed by atoms with Crippen LogP contribution in [0.25, 0.3) is 0 Å². The van der Waals surface area contributed by atoms with Gasteiger partial charge in [0, 0.05) is 52.9 Å². The molecule has 0 bridgehead atoms. The summed E-state index contributed by atoms with van der Waals surface area (Å²) in [5.74, 6) is 0. The van der Waals surface area contributed by atoms with Crippen molar-refractivity contribution in [3.63, 3.8) is 0 Å². The van der Waals surface area contributed by atoms with E-state index in [1.807, 2.05) is 0 Å². The molecular weight excluding hydrogens is 1230 g/mol. The predicted molar refractivity (Wildman–Crippen MR) is 374 cm³/mol. The molecule has 0 aliphatic carbocycles. The van der Waals surface area contributed by atoms with Gasteiger partial charge in [0.1, 0.15) is 0 Å². The topological polar surface area (TPSA) is 148 Å². The molecule has 0 rings (SSSR count). The summed E-state index contributed by atoms with van der Waals surface area (Å²) >= 11 is 0. The Labute approximate surface area is 529 Å². The maximum Gasteiger partial charge on any atom is 0.679 e. The molecule has 0 aliphatic heterocycles. The number of hydrogen-bond acceptors (Lipinski definition) is 16. The van der Waals surface area contributed by atoms with E-state index in [2.05, 4.69) is 131 Å². The van der Waals surface area contributed by atoms with E-state index in [0.29, 0.717) is 106 Å². The summed E-state index contributed by atoms with van der Waals surface area (Å²) in [7, 11) is -21.7. The van der Waals surface area contributed by atoms with Gasteiger partial charge in [-0.15, -0.1) is 52.6 Å². The summed E-state index contributed by atoms with van der Waals surface area (Å²) in [5.41, 5.74) is 0. The molecule has 85 heavy (non-hydrogen) atoms. The Morgan fingerprint density at radius 2 is 0.341 bits per heavy atom. The fourth-order valence-electron chi connectivity index (χ4n) is 8.91. The molecule has 0 aliphatic rings. The molecule has 0 N–H and O–H groups in total. The van der Waals surface area contributed by atoms with Crippen molar-refractivity contribution in [3.8, 4) is 0 Å². The molecule has 0 saturated heterocycles. The average Bonchev–Trinajstić information content (AvgIpc) is 3.58. The molecule has 0 aromatic carbocycles. The zero-order valence-corrected chi connectivity index (χ0v) is 64.9. The first-order chi connectivity index (χ1) is 40.1.